The van der Waals surface area contributed by atoms with E-state index < -0.39 is 0 Å². The van der Waals surface area contributed by atoms with E-state index >= 15 is 0 Å². The van der Waals surface area contributed by atoms with Gasteiger partial charge in [0.25, 0.3) is 0 Å². The lowest BCUT2D eigenvalue weighted by molar-refractivity contribution is 0.122. The standard InChI is InChI=1S/C15H35N3/c1-7-8-14(4)15(11-16)18(12-13(2)3)10-9-17(5)6/h13-15H,7-12,16H2,1-6H3. The van der Waals surface area contributed by atoms with Gasteiger partial charge in [-0.05, 0) is 32.4 Å². The first-order chi connectivity index (χ1) is 8.42. The van der Waals surface area contributed by atoms with Crippen molar-refractivity contribution in [1.29, 1.82) is 0 Å². The van der Waals surface area contributed by atoms with Crippen LogP contribution in [-0.4, -0.2) is 56.1 Å². The molecule has 0 aromatic rings. The average Bonchev–Trinajstić information content (AvgIpc) is 2.26. The van der Waals surface area contributed by atoms with Gasteiger partial charge < -0.3 is 10.6 Å². The molecule has 0 saturated carbocycles. The van der Waals surface area contributed by atoms with Gasteiger partial charge in [0.05, 0.1) is 0 Å². The Morgan fingerprint density at radius 3 is 2.06 bits per heavy atom. The summed E-state index contributed by atoms with van der Waals surface area (Å²) >= 11 is 0. The van der Waals surface area contributed by atoms with Crippen LogP contribution >= 0.6 is 0 Å². The molecule has 0 aromatic carbocycles. The Kier molecular flexibility index (Phi) is 9.70. The van der Waals surface area contributed by atoms with E-state index in [2.05, 4.69) is 51.6 Å². The van der Waals surface area contributed by atoms with E-state index in [1.807, 2.05) is 0 Å². The molecule has 0 spiro atoms. The maximum atomic E-state index is 6.03. The summed E-state index contributed by atoms with van der Waals surface area (Å²) in [5.41, 5.74) is 6.03. The van der Waals surface area contributed by atoms with Crippen molar-refractivity contribution in [3.8, 4) is 0 Å². The number of nitrogens with two attached hydrogens (primary N) is 1. The van der Waals surface area contributed by atoms with E-state index in [-0.39, 0.29) is 0 Å². The molecular formula is C15H35N3. The highest BCUT2D eigenvalue weighted by Gasteiger charge is 2.23. The Balaban J connectivity index is 4.55. The fourth-order valence-corrected chi connectivity index (χ4v) is 2.58. The van der Waals surface area contributed by atoms with Crippen LogP contribution in [0.25, 0.3) is 0 Å². The highest BCUT2D eigenvalue weighted by molar-refractivity contribution is 4.79. The summed E-state index contributed by atoms with van der Waals surface area (Å²) in [5, 5.41) is 0. The van der Waals surface area contributed by atoms with Gasteiger partial charge in [-0.1, -0.05) is 34.1 Å². The van der Waals surface area contributed by atoms with Crippen LogP contribution < -0.4 is 5.73 Å². The molecule has 0 aromatic heterocycles. The predicted octanol–water partition coefficient (Wildman–Crippen LogP) is 2.27. The van der Waals surface area contributed by atoms with Crippen molar-refractivity contribution in [3.05, 3.63) is 0 Å². The first-order valence-corrected chi connectivity index (χ1v) is 7.51. The molecule has 0 bridgehead atoms. The van der Waals surface area contributed by atoms with Crippen molar-refractivity contribution < 1.29 is 0 Å². The van der Waals surface area contributed by atoms with Gasteiger partial charge in [0.2, 0.25) is 0 Å². The Hall–Kier alpha value is -0.120. The molecular weight excluding hydrogens is 222 g/mol. The van der Waals surface area contributed by atoms with Crippen LogP contribution in [0.1, 0.15) is 40.5 Å². The molecule has 0 aliphatic rings. The van der Waals surface area contributed by atoms with E-state index in [1.54, 1.807) is 0 Å². The fraction of sp³-hybridized carbons (Fsp3) is 1.00. The Morgan fingerprint density at radius 1 is 1.06 bits per heavy atom. The second-order valence-corrected chi connectivity index (χ2v) is 6.26. The van der Waals surface area contributed by atoms with Crippen LogP contribution in [0.3, 0.4) is 0 Å². The first kappa shape index (κ1) is 17.9. The lowest BCUT2D eigenvalue weighted by Crippen LogP contribution is -2.48. The molecule has 3 nitrogen and oxygen atoms in total. The zero-order valence-electron chi connectivity index (χ0n) is 13.4. The molecule has 0 heterocycles. The maximum Gasteiger partial charge on any atom is 0.0244 e. The molecule has 0 amide bonds. The molecule has 0 aliphatic carbocycles. The van der Waals surface area contributed by atoms with Crippen LogP contribution in [0.4, 0.5) is 0 Å². The van der Waals surface area contributed by atoms with Crippen molar-refractivity contribution in [1.82, 2.24) is 9.80 Å². The molecule has 2 atom stereocenters. The molecule has 18 heavy (non-hydrogen) atoms. The largest absolute Gasteiger partial charge is 0.329 e. The SMILES string of the molecule is CCCC(C)C(CN)N(CCN(C)C)CC(C)C. The van der Waals surface area contributed by atoms with Gasteiger partial charge >= 0.3 is 0 Å². The summed E-state index contributed by atoms with van der Waals surface area (Å²) in [5.74, 6) is 1.40. The van der Waals surface area contributed by atoms with Crippen LogP contribution in [-0.2, 0) is 0 Å². The Bertz CT molecular complexity index is 192. The predicted molar refractivity (Wildman–Crippen MR) is 81.9 cm³/mol. The van der Waals surface area contributed by atoms with Gasteiger partial charge in [-0.15, -0.1) is 0 Å². The van der Waals surface area contributed by atoms with E-state index in [0.717, 1.165) is 26.2 Å². The van der Waals surface area contributed by atoms with Gasteiger partial charge in [0.15, 0.2) is 0 Å². The molecule has 110 valence electrons. The van der Waals surface area contributed by atoms with Gasteiger partial charge in [-0.3, -0.25) is 4.90 Å². The molecule has 3 heteroatoms. The fourth-order valence-electron chi connectivity index (χ4n) is 2.58. The summed E-state index contributed by atoms with van der Waals surface area (Å²) in [6.07, 6.45) is 2.53. The third-order valence-electron chi connectivity index (χ3n) is 3.55. The van der Waals surface area contributed by atoms with Crippen molar-refractivity contribution in [3.63, 3.8) is 0 Å². The highest BCUT2D eigenvalue weighted by atomic mass is 15.2. The van der Waals surface area contributed by atoms with Crippen LogP contribution in [0.5, 0.6) is 0 Å². The van der Waals surface area contributed by atoms with E-state index in [4.69, 9.17) is 5.73 Å². The first-order valence-electron chi connectivity index (χ1n) is 7.51. The van der Waals surface area contributed by atoms with E-state index in [0.29, 0.717) is 17.9 Å². The Morgan fingerprint density at radius 2 is 1.67 bits per heavy atom. The molecule has 0 rings (SSSR count). The van der Waals surface area contributed by atoms with Crippen molar-refractivity contribution in [2.24, 2.45) is 17.6 Å². The average molecular weight is 257 g/mol. The molecule has 2 unspecified atom stereocenters. The number of hydrogen-bond acceptors (Lipinski definition) is 3. The molecule has 0 aliphatic heterocycles. The minimum absolute atomic E-state index is 0.535. The second-order valence-electron chi connectivity index (χ2n) is 6.26. The van der Waals surface area contributed by atoms with Crippen LogP contribution in [0, 0.1) is 11.8 Å². The minimum Gasteiger partial charge on any atom is -0.329 e. The summed E-state index contributed by atoms with van der Waals surface area (Å²) < 4.78 is 0. The molecule has 0 saturated heterocycles. The second kappa shape index (κ2) is 9.76. The van der Waals surface area contributed by atoms with Crippen molar-refractivity contribution in [2.75, 3.05) is 40.3 Å². The molecule has 2 N–H and O–H groups in total. The third kappa shape index (κ3) is 7.34. The van der Waals surface area contributed by atoms with Gasteiger partial charge in [-0.25, -0.2) is 0 Å². The van der Waals surface area contributed by atoms with Crippen LogP contribution in [0.15, 0.2) is 0 Å². The normalized spacial score (nSPS) is 15.7. The number of rotatable bonds is 10. The minimum atomic E-state index is 0.535. The van der Waals surface area contributed by atoms with Gasteiger partial charge in [0.1, 0.15) is 0 Å². The smallest absolute Gasteiger partial charge is 0.0244 e. The summed E-state index contributed by atoms with van der Waals surface area (Å²) in [4.78, 5) is 4.86. The summed E-state index contributed by atoms with van der Waals surface area (Å²) in [7, 11) is 4.28. The lowest BCUT2D eigenvalue weighted by atomic mass is 9.94. The third-order valence-corrected chi connectivity index (χ3v) is 3.55. The van der Waals surface area contributed by atoms with Crippen LogP contribution in [0.2, 0.25) is 0 Å². The topological polar surface area (TPSA) is 32.5 Å². The van der Waals surface area contributed by atoms with Gasteiger partial charge in [0, 0.05) is 32.2 Å². The van der Waals surface area contributed by atoms with E-state index in [1.165, 1.54) is 12.8 Å². The quantitative estimate of drug-likeness (QED) is 0.651. The number of nitrogens with zero attached hydrogens (tertiary/aromatic N) is 2. The Labute approximate surface area is 115 Å². The highest BCUT2D eigenvalue weighted by Crippen LogP contribution is 2.17. The number of hydrogen-bond donors (Lipinski definition) is 1. The molecule has 0 fully saturated rings. The van der Waals surface area contributed by atoms with Crippen molar-refractivity contribution >= 4 is 0 Å². The summed E-state index contributed by atoms with van der Waals surface area (Å²) in [6.45, 7) is 13.4. The lowest BCUT2D eigenvalue weighted by Gasteiger charge is -2.36. The zero-order valence-corrected chi connectivity index (χ0v) is 13.4. The number of likely N-dealkylation sites (N-methyl/N-ethyl adjacent to an activating group) is 1. The van der Waals surface area contributed by atoms with Crippen molar-refractivity contribution in [2.45, 2.75) is 46.6 Å². The zero-order chi connectivity index (χ0) is 14.1. The van der Waals surface area contributed by atoms with Gasteiger partial charge in [-0.2, -0.15) is 0 Å². The maximum absolute atomic E-state index is 6.03. The monoisotopic (exact) mass is 257 g/mol. The summed E-state index contributed by atoms with van der Waals surface area (Å²) in [6, 6.07) is 0.535. The molecule has 0 radical (unpaired) electrons. The van der Waals surface area contributed by atoms with E-state index in [9.17, 15) is 0 Å².